The van der Waals surface area contributed by atoms with Gasteiger partial charge in [0, 0.05) is 10.7 Å². The fraction of sp³-hybridized carbons (Fsp3) is 0.385. The average molecular weight is 374 g/mol. The molecular formula is C13H15IN2O3. The zero-order chi connectivity index (χ0) is 13.8. The highest BCUT2D eigenvalue weighted by atomic mass is 127. The van der Waals surface area contributed by atoms with E-state index >= 15 is 0 Å². The van der Waals surface area contributed by atoms with Crippen molar-refractivity contribution in [3.05, 3.63) is 27.6 Å². The molecule has 0 fully saturated rings. The minimum atomic E-state index is -0.174. The van der Waals surface area contributed by atoms with Crippen LogP contribution in [0.3, 0.4) is 0 Å². The molecule has 1 aromatic carbocycles. The van der Waals surface area contributed by atoms with Crippen LogP contribution in [0.15, 0.2) is 22.7 Å². The summed E-state index contributed by atoms with van der Waals surface area (Å²) in [7, 11) is 1.62. The van der Waals surface area contributed by atoms with Crippen LogP contribution in [0.25, 0.3) is 11.5 Å². The van der Waals surface area contributed by atoms with E-state index in [0.29, 0.717) is 17.3 Å². The average Bonchev–Trinajstić information content (AvgIpc) is 2.88. The molecule has 1 atom stereocenters. The van der Waals surface area contributed by atoms with Crippen LogP contribution in [0.2, 0.25) is 0 Å². The first kappa shape index (κ1) is 14.3. The van der Waals surface area contributed by atoms with Crippen molar-refractivity contribution >= 4 is 22.6 Å². The lowest BCUT2D eigenvalue weighted by molar-refractivity contribution is 0.0854. The SMILES string of the molecule is CCCC(OC)c1noc(-c2cc(I)ccc2O)n1. The zero-order valence-corrected chi connectivity index (χ0v) is 12.9. The third-order valence-electron chi connectivity index (χ3n) is 2.75. The Balaban J connectivity index is 2.32. The zero-order valence-electron chi connectivity index (χ0n) is 10.8. The lowest BCUT2D eigenvalue weighted by Gasteiger charge is -2.08. The van der Waals surface area contributed by atoms with E-state index < -0.39 is 0 Å². The summed E-state index contributed by atoms with van der Waals surface area (Å²) in [5.41, 5.74) is 0.539. The summed E-state index contributed by atoms with van der Waals surface area (Å²) in [5.74, 6) is 0.946. The first-order valence-corrected chi connectivity index (χ1v) is 7.08. The van der Waals surface area contributed by atoms with E-state index in [1.165, 1.54) is 0 Å². The number of methoxy groups -OCH3 is 1. The molecule has 0 spiro atoms. The Morgan fingerprint density at radius 3 is 2.95 bits per heavy atom. The lowest BCUT2D eigenvalue weighted by Crippen LogP contribution is -2.03. The highest BCUT2D eigenvalue weighted by molar-refractivity contribution is 14.1. The van der Waals surface area contributed by atoms with Crippen molar-refractivity contribution in [1.29, 1.82) is 0 Å². The smallest absolute Gasteiger partial charge is 0.261 e. The molecule has 0 bridgehead atoms. The van der Waals surface area contributed by atoms with Crippen molar-refractivity contribution in [2.75, 3.05) is 7.11 Å². The van der Waals surface area contributed by atoms with E-state index in [-0.39, 0.29) is 11.9 Å². The van der Waals surface area contributed by atoms with Gasteiger partial charge in [-0.05, 0) is 47.2 Å². The highest BCUT2D eigenvalue weighted by Gasteiger charge is 2.19. The van der Waals surface area contributed by atoms with Crippen LogP contribution in [0, 0.1) is 3.57 Å². The molecule has 1 aromatic heterocycles. The second-order valence-corrected chi connectivity index (χ2v) is 5.38. The molecule has 0 amide bonds. The van der Waals surface area contributed by atoms with E-state index in [9.17, 15) is 5.11 Å². The third-order valence-corrected chi connectivity index (χ3v) is 3.43. The number of ether oxygens (including phenoxy) is 1. The minimum absolute atomic E-state index is 0.125. The molecule has 2 rings (SSSR count). The molecular weight excluding hydrogens is 359 g/mol. The molecule has 0 aliphatic heterocycles. The summed E-state index contributed by atoms with van der Waals surface area (Å²) < 4.78 is 11.5. The number of aromatic hydroxyl groups is 1. The number of hydrogen-bond donors (Lipinski definition) is 1. The predicted octanol–water partition coefficient (Wildman–Crippen LogP) is 3.53. The summed E-state index contributed by atoms with van der Waals surface area (Å²) in [4.78, 5) is 4.31. The largest absolute Gasteiger partial charge is 0.507 e. The predicted molar refractivity (Wildman–Crippen MR) is 78.8 cm³/mol. The molecule has 0 saturated carbocycles. The number of nitrogens with zero attached hydrogens (tertiary/aromatic N) is 2. The van der Waals surface area contributed by atoms with Gasteiger partial charge in [0.05, 0.1) is 5.56 Å². The van der Waals surface area contributed by atoms with Gasteiger partial charge in [0.1, 0.15) is 11.9 Å². The summed E-state index contributed by atoms with van der Waals surface area (Å²) >= 11 is 2.16. The number of hydrogen-bond acceptors (Lipinski definition) is 5. The Labute approximate surface area is 125 Å². The van der Waals surface area contributed by atoms with E-state index in [1.54, 1.807) is 19.2 Å². The first-order valence-electron chi connectivity index (χ1n) is 6.01. The van der Waals surface area contributed by atoms with Gasteiger partial charge in [0.25, 0.3) is 5.89 Å². The maximum Gasteiger partial charge on any atom is 0.261 e. The Morgan fingerprint density at radius 2 is 2.26 bits per heavy atom. The number of phenols is 1. The molecule has 5 nitrogen and oxygen atoms in total. The summed E-state index contributed by atoms with van der Waals surface area (Å²) in [6.07, 6.45) is 1.62. The van der Waals surface area contributed by atoms with Crippen molar-refractivity contribution in [1.82, 2.24) is 10.1 Å². The topological polar surface area (TPSA) is 68.4 Å². The summed E-state index contributed by atoms with van der Waals surface area (Å²) in [5, 5.41) is 13.8. The Morgan fingerprint density at radius 1 is 1.47 bits per heavy atom. The van der Waals surface area contributed by atoms with Crippen molar-refractivity contribution in [3.8, 4) is 17.2 Å². The molecule has 0 aliphatic rings. The number of aromatic nitrogens is 2. The van der Waals surface area contributed by atoms with Crippen molar-refractivity contribution in [2.45, 2.75) is 25.9 Å². The maximum atomic E-state index is 9.83. The number of halogens is 1. The maximum absolute atomic E-state index is 9.83. The quantitative estimate of drug-likeness (QED) is 0.811. The van der Waals surface area contributed by atoms with Crippen molar-refractivity contribution < 1.29 is 14.4 Å². The van der Waals surface area contributed by atoms with E-state index in [4.69, 9.17) is 9.26 Å². The van der Waals surface area contributed by atoms with Gasteiger partial charge >= 0.3 is 0 Å². The van der Waals surface area contributed by atoms with Crippen LogP contribution < -0.4 is 0 Å². The van der Waals surface area contributed by atoms with Gasteiger partial charge in [-0.25, -0.2) is 0 Å². The number of phenolic OH excluding ortho intramolecular Hbond substituents is 1. The molecule has 102 valence electrons. The van der Waals surface area contributed by atoms with Gasteiger partial charge in [0.15, 0.2) is 0 Å². The fourth-order valence-electron chi connectivity index (χ4n) is 1.77. The normalized spacial score (nSPS) is 12.6. The van der Waals surface area contributed by atoms with Crippen molar-refractivity contribution in [3.63, 3.8) is 0 Å². The monoisotopic (exact) mass is 374 g/mol. The molecule has 0 aliphatic carbocycles. The van der Waals surface area contributed by atoms with Crippen LogP contribution in [0.1, 0.15) is 31.7 Å². The second-order valence-electron chi connectivity index (χ2n) is 4.13. The molecule has 1 heterocycles. The Bertz CT molecular complexity index is 557. The van der Waals surface area contributed by atoms with Gasteiger partial charge < -0.3 is 14.4 Å². The van der Waals surface area contributed by atoms with Crippen molar-refractivity contribution in [2.24, 2.45) is 0 Å². The van der Waals surface area contributed by atoms with Crippen LogP contribution in [-0.4, -0.2) is 22.4 Å². The van der Waals surface area contributed by atoms with Gasteiger partial charge in [-0.3, -0.25) is 0 Å². The van der Waals surface area contributed by atoms with E-state index in [0.717, 1.165) is 16.4 Å². The Kier molecular flexibility index (Phi) is 4.76. The van der Waals surface area contributed by atoms with Gasteiger partial charge in [0.2, 0.25) is 5.82 Å². The van der Waals surface area contributed by atoms with Gasteiger partial charge in [-0.2, -0.15) is 4.98 Å². The first-order chi connectivity index (χ1) is 9.15. The lowest BCUT2D eigenvalue weighted by atomic mass is 10.2. The standard InChI is InChI=1S/C13H15IN2O3/c1-3-4-11(18-2)12-15-13(19-16-12)9-7-8(14)5-6-10(9)17/h5-7,11,17H,3-4H2,1-2H3. The molecule has 0 radical (unpaired) electrons. The highest BCUT2D eigenvalue weighted by Crippen LogP contribution is 2.30. The molecule has 1 unspecified atom stereocenters. The molecule has 19 heavy (non-hydrogen) atoms. The van der Waals surface area contributed by atoms with Crippen LogP contribution in [0.4, 0.5) is 0 Å². The molecule has 6 heteroatoms. The molecule has 0 saturated heterocycles. The Hall–Kier alpha value is -1.15. The van der Waals surface area contributed by atoms with E-state index in [2.05, 4.69) is 39.7 Å². The van der Waals surface area contributed by atoms with E-state index in [1.807, 2.05) is 6.07 Å². The second kappa shape index (κ2) is 6.33. The molecule has 2 aromatic rings. The van der Waals surface area contributed by atoms with Crippen LogP contribution in [0.5, 0.6) is 5.75 Å². The van der Waals surface area contributed by atoms with Gasteiger partial charge in [-0.15, -0.1) is 0 Å². The van der Waals surface area contributed by atoms with Crippen LogP contribution >= 0.6 is 22.6 Å². The van der Waals surface area contributed by atoms with Crippen LogP contribution in [-0.2, 0) is 4.74 Å². The third kappa shape index (κ3) is 3.24. The molecule has 1 N–H and O–H groups in total. The number of rotatable bonds is 5. The summed E-state index contributed by atoms with van der Waals surface area (Å²) in [6, 6.07) is 5.22. The van der Waals surface area contributed by atoms with Gasteiger partial charge in [-0.1, -0.05) is 18.5 Å². The number of benzene rings is 1. The summed E-state index contributed by atoms with van der Waals surface area (Å²) in [6.45, 7) is 2.07. The minimum Gasteiger partial charge on any atom is -0.507 e. The fourth-order valence-corrected chi connectivity index (χ4v) is 2.26.